The van der Waals surface area contributed by atoms with E-state index < -0.39 is 144 Å². The number of primary amides is 1. The number of carbonyl (C=O) groups is 13. The molecule has 1 fully saturated rings. The number of phenolic OH excluding ortho intramolecular Hbond substituents is 1. The summed E-state index contributed by atoms with van der Waals surface area (Å²) >= 11 is 6.26. The third-order valence-corrected chi connectivity index (χ3v) is 19.9. The number of aromatic hydroxyl groups is 1. The first kappa shape index (κ1) is 91.6. The minimum atomic E-state index is -1.86. The Hall–Kier alpha value is -12.6. The maximum Gasteiger partial charge on any atom is 0.247 e. The van der Waals surface area contributed by atoms with Crippen molar-refractivity contribution in [3.63, 3.8) is 0 Å². The molecule has 0 aliphatic carbocycles. The molecular weight excluding hydrogens is 1530 g/mol. The minimum absolute atomic E-state index is 0.00647. The van der Waals surface area contributed by atoms with Crippen LogP contribution in [0.5, 0.6) is 5.75 Å². The summed E-state index contributed by atoms with van der Waals surface area (Å²) in [4.78, 5) is 190. The molecular formula is C82H106ClN19O15. The lowest BCUT2D eigenvalue weighted by Crippen LogP contribution is -2.61. The number of amides is 13. The summed E-state index contributed by atoms with van der Waals surface area (Å²) in [6.07, 6.45) is 3.41. The van der Waals surface area contributed by atoms with Crippen LogP contribution in [0.3, 0.4) is 0 Å². The molecule has 7 rings (SSSR count). The fourth-order valence-corrected chi connectivity index (χ4v) is 13.3. The van der Waals surface area contributed by atoms with E-state index in [9.17, 15) is 58.2 Å². The van der Waals surface area contributed by atoms with Crippen LogP contribution < -0.4 is 75.7 Å². The molecule has 10 unspecified atom stereocenters. The van der Waals surface area contributed by atoms with Gasteiger partial charge in [-0.3, -0.25) is 78.1 Å². The number of carbonyl (C=O) groups excluding carboxylic acids is 13. The normalized spacial score (nSPS) is 14.6. The predicted molar refractivity (Wildman–Crippen MR) is 438 cm³/mol. The first-order chi connectivity index (χ1) is 55.9. The number of unbranched alkanes of at least 4 members (excludes halogenated alkanes) is 2. The highest BCUT2D eigenvalue weighted by Crippen LogP contribution is 2.23. The Morgan fingerprint density at radius 2 is 1.11 bits per heavy atom. The summed E-state index contributed by atoms with van der Waals surface area (Å²) in [6.45, 7) is 3.60. The van der Waals surface area contributed by atoms with Crippen LogP contribution in [0.25, 0.3) is 10.8 Å². The lowest BCUT2D eigenvalue weighted by Gasteiger charge is -2.33. The predicted octanol–water partition coefficient (Wildman–Crippen LogP) is 1.52. The number of anilines is 1. The van der Waals surface area contributed by atoms with E-state index in [1.54, 1.807) is 60.7 Å². The number of benzene rings is 5. The quantitative estimate of drug-likeness (QED) is 0.0146. The van der Waals surface area contributed by atoms with Gasteiger partial charge in [-0.15, -0.1) is 0 Å². The minimum Gasteiger partial charge on any atom is -0.508 e. The number of nitrogens with zero attached hydrogens (tertiary/aromatic N) is 3. The summed E-state index contributed by atoms with van der Waals surface area (Å²) in [6, 6.07) is 20.5. The number of likely N-dealkylation sites (N-methyl/N-ethyl adjacent to an activating group) is 1. The molecule has 5 aromatic carbocycles. The van der Waals surface area contributed by atoms with E-state index >= 15 is 14.4 Å². The van der Waals surface area contributed by atoms with Crippen molar-refractivity contribution in [2.45, 2.75) is 184 Å². The van der Waals surface area contributed by atoms with E-state index in [-0.39, 0.29) is 121 Å². The number of fused-ring (bicyclic) bond motifs is 1. The zero-order valence-corrected chi connectivity index (χ0v) is 66.6. The summed E-state index contributed by atoms with van der Waals surface area (Å²) in [5, 5.41) is 68.7. The molecule has 1 aliphatic heterocycles. The average molecular weight is 1630 g/mol. The van der Waals surface area contributed by atoms with Gasteiger partial charge in [-0.25, -0.2) is 0 Å². The lowest BCUT2D eigenvalue weighted by molar-refractivity contribution is -0.144. The maximum absolute atomic E-state index is 15.4. The number of aromatic nitrogens is 1. The zero-order chi connectivity index (χ0) is 85.3. The van der Waals surface area contributed by atoms with Gasteiger partial charge in [-0.2, -0.15) is 0 Å². The molecule has 1 saturated heterocycles. The molecule has 34 nitrogen and oxygen atoms in total. The van der Waals surface area contributed by atoms with Gasteiger partial charge in [-0.05, 0) is 146 Å². The number of pyridine rings is 1. The largest absolute Gasteiger partial charge is 0.508 e. The van der Waals surface area contributed by atoms with Crippen molar-refractivity contribution in [3.8, 4) is 5.75 Å². The highest BCUT2D eigenvalue weighted by atomic mass is 35.5. The van der Waals surface area contributed by atoms with E-state index in [0.717, 1.165) is 15.7 Å². The van der Waals surface area contributed by atoms with Crippen LogP contribution in [-0.4, -0.2) is 207 Å². The van der Waals surface area contributed by atoms with Crippen molar-refractivity contribution in [2.75, 3.05) is 38.6 Å². The topological polar surface area (TPSA) is 540 Å². The molecule has 6 aromatic rings. The molecule has 117 heavy (non-hydrogen) atoms. The Bertz CT molecular complexity index is 4470. The Morgan fingerprint density at radius 1 is 0.573 bits per heavy atom. The van der Waals surface area contributed by atoms with Gasteiger partial charge in [0.05, 0.1) is 6.61 Å². The van der Waals surface area contributed by atoms with E-state index in [4.69, 9.17) is 39.6 Å². The van der Waals surface area contributed by atoms with Gasteiger partial charge in [0.15, 0.2) is 5.96 Å². The molecule has 10 atom stereocenters. The second kappa shape index (κ2) is 46.1. The molecule has 626 valence electrons. The molecule has 21 N–H and O–H groups in total. The Kier molecular flexibility index (Phi) is 36.1. The zero-order valence-electron chi connectivity index (χ0n) is 65.8. The van der Waals surface area contributed by atoms with Gasteiger partial charge in [0.1, 0.15) is 72.0 Å². The number of nitrogens with one attached hydrogen (secondary N) is 13. The number of nitrogens with two attached hydrogens (primary N) is 3. The third kappa shape index (κ3) is 29.6. The molecule has 1 aromatic heterocycles. The van der Waals surface area contributed by atoms with Gasteiger partial charge < -0.3 is 95.7 Å². The lowest BCUT2D eigenvalue weighted by atomic mass is 9.99. The van der Waals surface area contributed by atoms with E-state index in [2.05, 4.69) is 63.5 Å². The second-order valence-corrected chi connectivity index (χ2v) is 29.2. The number of hydrogen-bond acceptors (Lipinski definition) is 18. The number of amidine groups is 1. The number of halogens is 1. The number of phenols is 1. The summed E-state index contributed by atoms with van der Waals surface area (Å²) in [7, 11) is 1.21. The van der Waals surface area contributed by atoms with Crippen molar-refractivity contribution >= 4 is 117 Å². The van der Waals surface area contributed by atoms with Crippen molar-refractivity contribution in [1.29, 1.82) is 10.8 Å². The standard InChI is InChI=1S/C82H106ClN19O15/c1-5-6-17-60(74(110)97-62(19-12-39-91-82(87)88)81(117)102-40-13-20-67(102)78(114)92-48(2)72(86)108)95-73(109)61(18-9-10-38-90-69(106)35-36-70(107)94-58-31-27-55(28-32-58)71(84)85)96-79(115)68(45-51-24-33-59(105)34-25-51)101(4)80(116)66(47-103)100-77(113)65(44-53-14-11-37-89-46-53)99-76(112)64(42-50-22-29-57(83)30-23-50)98-75(111)63(93-49(3)104)43-52-21-26-54-15-7-8-16-56(54)41-52/h7-8,11,14-16,21-34,37,41,46,48,60-68,103,105H,5-6,9-10,12-13,17-20,35-36,38-40,42-45,47H2,1-4H3,(H3,84,85)(H2,86,108)(H,90,106)(H,92,114)(H,93,104)(H,94,107)(H,95,109)(H,96,115)(H,97,110)(H,98,111)(H,99,112)(H,100,113)(H4,87,88,91). The fraction of sp³-hybridized carbons (Fsp3) is 0.415. The monoisotopic (exact) mass is 1630 g/mol. The molecule has 0 saturated carbocycles. The summed E-state index contributed by atoms with van der Waals surface area (Å²) in [5.41, 5.74) is 19.4. The summed E-state index contributed by atoms with van der Waals surface area (Å²) < 4.78 is 0. The van der Waals surface area contributed by atoms with Crippen LogP contribution in [-0.2, 0) is 88.0 Å². The van der Waals surface area contributed by atoms with E-state index in [1.165, 1.54) is 62.5 Å². The van der Waals surface area contributed by atoms with E-state index in [0.29, 0.717) is 57.8 Å². The maximum atomic E-state index is 15.4. The Labute approximate surface area is 682 Å². The molecule has 13 amide bonds. The van der Waals surface area contributed by atoms with Gasteiger partial charge in [0.2, 0.25) is 76.8 Å². The average Bonchev–Trinajstić information content (AvgIpc) is 1.82. The second-order valence-electron chi connectivity index (χ2n) is 28.8. The first-order valence-electron chi connectivity index (χ1n) is 38.7. The van der Waals surface area contributed by atoms with Crippen LogP contribution >= 0.6 is 11.6 Å². The highest BCUT2D eigenvalue weighted by Gasteiger charge is 2.41. The first-order valence-corrected chi connectivity index (χ1v) is 39.1. The molecule has 0 radical (unpaired) electrons. The van der Waals surface area contributed by atoms with Gasteiger partial charge >= 0.3 is 0 Å². The van der Waals surface area contributed by atoms with Crippen molar-refractivity contribution in [2.24, 2.45) is 17.2 Å². The van der Waals surface area contributed by atoms with Crippen LogP contribution in [0, 0.1) is 10.8 Å². The van der Waals surface area contributed by atoms with Crippen LogP contribution in [0.15, 0.2) is 140 Å². The van der Waals surface area contributed by atoms with Gasteiger partial charge in [0.25, 0.3) is 0 Å². The van der Waals surface area contributed by atoms with Gasteiger partial charge in [0, 0.05) is 101 Å². The third-order valence-electron chi connectivity index (χ3n) is 19.6. The number of hydrogen-bond donors (Lipinski definition) is 18. The van der Waals surface area contributed by atoms with Crippen LogP contribution in [0.1, 0.15) is 126 Å². The highest BCUT2D eigenvalue weighted by molar-refractivity contribution is 6.30. The van der Waals surface area contributed by atoms with Crippen molar-refractivity contribution in [1.82, 2.24) is 68.0 Å². The number of aliphatic hydroxyl groups is 1. The SMILES string of the molecule is CCCCC(NC(=O)C(CCCCNC(=O)CCC(=O)Nc1ccc(C(=N)N)cc1)NC(=O)C(Cc1ccc(O)cc1)N(C)C(=O)C(CO)NC(=O)C(Cc1cccnc1)NC(=O)C(Cc1ccc(Cl)cc1)NC(=O)C(Cc1ccc2ccccc2c1)NC(C)=O)C(=O)NC(CCCNC(=N)N)C(=O)N1CCCC1C(=O)NC(C)C(N)=O. The van der Waals surface area contributed by atoms with Gasteiger partial charge in [-0.1, -0.05) is 104 Å². The number of guanidine groups is 1. The Balaban J connectivity index is 1.15. The number of aliphatic hydroxyl groups excluding tert-OH is 1. The molecule has 35 heteroatoms. The molecule has 2 heterocycles. The van der Waals surface area contributed by atoms with Crippen molar-refractivity contribution < 1.29 is 72.5 Å². The van der Waals surface area contributed by atoms with Crippen LogP contribution in [0.2, 0.25) is 5.02 Å². The fourth-order valence-electron chi connectivity index (χ4n) is 13.2. The molecule has 0 spiro atoms. The molecule has 0 bridgehead atoms. The number of nitrogen functional groups attached to an aromatic ring is 1. The number of likely N-dealkylation sites (tertiary alicyclic amines) is 1. The summed E-state index contributed by atoms with van der Waals surface area (Å²) in [5.74, 6) is -10.7. The van der Waals surface area contributed by atoms with E-state index in [1.807, 2.05) is 49.4 Å². The van der Waals surface area contributed by atoms with Crippen LogP contribution in [0.4, 0.5) is 5.69 Å². The number of rotatable bonds is 45. The Morgan fingerprint density at radius 3 is 1.72 bits per heavy atom. The smallest absolute Gasteiger partial charge is 0.247 e. The molecule has 1 aliphatic rings. The van der Waals surface area contributed by atoms with Crippen molar-refractivity contribution in [3.05, 3.63) is 173 Å².